The summed E-state index contributed by atoms with van der Waals surface area (Å²) in [7, 11) is 0. The zero-order chi connectivity index (χ0) is 21.9. The molecule has 2 fully saturated rings. The van der Waals surface area contributed by atoms with Crippen LogP contribution in [0.5, 0.6) is 0 Å². The topological polar surface area (TPSA) is 93.5 Å². The van der Waals surface area contributed by atoms with Crippen molar-refractivity contribution in [2.75, 3.05) is 19.6 Å². The molecule has 1 spiro atoms. The number of likely N-dealkylation sites (tertiary alicyclic amines) is 1. The van der Waals surface area contributed by atoms with Crippen molar-refractivity contribution in [3.05, 3.63) is 35.4 Å². The summed E-state index contributed by atoms with van der Waals surface area (Å²) in [6.07, 6.45) is 2.24. The van der Waals surface area contributed by atoms with E-state index in [1.54, 1.807) is 34.1 Å². The Morgan fingerprint density at radius 1 is 1.30 bits per heavy atom. The van der Waals surface area contributed by atoms with Crippen LogP contribution in [-0.2, 0) is 9.59 Å². The summed E-state index contributed by atoms with van der Waals surface area (Å²) in [5.41, 5.74) is 0.0276. The van der Waals surface area contributed by atoms with Crippen molar-refractivity contribution < 1.29 is 14.4 Å². The Balaban J connectivity index is 1.77. The van der Waals surface area contributed by atoms with Crippen LogP contribution < -0.4 is 5.32 Å². The number of benzene rings is 1. The van der Waals surface area contributed by atoms with Crippen molar-refractivity contribution in [2.24, 2.45) is 5.92 Å². The van der Waals surface area contributed by atoms with E-state index in [9.17, 15) is 14.4 Å². The molecule has 0 saturated carbocycles. The van der Waals surface area contributed by atoms with Crippen LogP contribution in [0.15, 0.2) is 24.3 Å². The first-order valence-electron chi connectivity index (χ1n) is 10.7. The zero-order valence-corrected chi connectivity index (χ0v) is 18.0. The van der Waals surface area contributed by atoms with Crippen LogP contribution in [0.4, 0.5) is 0 Å². The highest BCUT2D eigenvalue weighted by Gasteiger charge is 2.53. The van der Waals surface area contributed by atoms with Gasteiger partial charge in [-0.1, -0.05) is 26.8 Å². The van der Waals surface area contributed by atoms with E-state index in [1.165, 1.54) is 0 Å². The van der Waals surface area contributed by atoms with Crippen LogP contribution >= 0.6 is 0 Å². The van der Waals surface area contributed by atoms with Gasteiger partial charge in [-0.15, -0.1) is 0 Å². The number of hydrogen-bond donors (Lipinski definition) is 1. The lowest BCUT2D eigenvalue weighted by Gasteiger charge is -2.51. The molecule has 7 heteroatoms. The number of rotatable bonds is 5. The number of carbonyl (C=O) groups is 3. The SMILES string of the molecule is CCCN1C(=O)C(CC(C)C)NC(=O)C12CCN(C(=O)c1cccc(C#N)c1)CC2. The predicted octanol–water partition coefficient (Wildman–Crippen LogP) is 2.32. The summed E-state index contributed by atoms with van der Waals surface area (Å²) in [6.45, 7) is 7.42. The maximum Gasteiger partial charge on any atom is 0.253 e. The molecule has 3 amide bonds. The molecule has 0 aromatic heterocycles. The maximum absolute atomic E-state index is 13.2. The number of nitrogens with one attached hydrogen (secondary N) is 1. The van der Waals surface area contributed by atoms with E-state index in [1.807, 2.05) is 20.8 Å². The highest BCUT2D eigenvalue weighted by Crippen LogP contribution is 2.34. The minimum atomic E-state index is -0.883. The standard InChI is InChI=1S/C23H30N4O3/c1-4-10-27-21(29)19(13-16(2)3)25-22(30)23(27)8-11-26(12-9-23)20(28)18-7-5-6-17(14-18)15-24/h5-7,14,16,19H,4,8-13H2,1-3H3,(H,25,30). The van der Waals surface area contributed by atoms with Crippen LogP contribution in [0.3, 0.4) is 0 Å². The lowest BCUT2D eigenvalue weighted by atomic mass is 9.80. The van der Waals surface area contributed by atoms with Crippen molar-refractivity contribution in [3.8, 4) is 6.07 Å². The van der Waals surface area contributed by atoms with Gasteiger partial charge in [0, 0.05) is 25.2 Å². The summed E-state index contributed by atoms with van der Waals surface area (Å²) >= 11 is 0. The third-order valence-corrected chi connectivity index (χ3v) is 6.08. The fourth-order valence-electron chi connectivity index (χ4n) is 4.54. The molecule has 160 valence electrons. The summed E-state index contributed by atoms with van der Waals surface area (Å²) in [4.78, 5) is 42.7. The molecule has 0 radical (unpaired) electrons. The third kappa shape index (κ3) is 4.04. The van der Waals surface area contributed by atoms with Gasteiger partial charge in [0.25, 0.3) is 5.91 Å². The van der Waals surface area contributed by atoms with Crippen LogP contribution in [-0.4, -0.2) is 58.7 Å². The number of carbonyl (C=O) groups excluding carboxylic acids is 3. The molecule has 2 heterocycles. The van der Waals surface area contributed by atoms with Gasteiger partial charge in [0.2, 0.25) is 11.8 Å². The van der Waals surface area contributed by atoms with E-state index in [0.717, 1.165) is 6.42 Å². The predicted molar refractivity (Wildman–Crippen MR) is 112 cm³/mol. The Kier molecular flexibility index (Phi) is 6.45. The van der Waals surface area contributed by atoms with E-state index >= 15 is 0 Å². The van der Waals surface area contributed by atoms with E-state index in [0.29, 0.717) is 55.9 Å². The van der Waals surface area contributed by atoms with Gasteiger partial charge in [0.1, 0.15) is 11.6 Å². The van der Waals surface area contributed by atoms with Gasteiger partial charge in [-0.05, 0) is 49.8 Å². The largest absolute Gasteiger partial charge is 0.342 e. The fraction of sp³-hybridized carbons (Fsp3) is 0.565. The number of nitrogens with zero attached hydrogens (tertiary/aromatic N) is 3. The quantitative estimate of drug-likeness (QED) is 0.806. The second kappa shape index (κ2) is 8.86. The molecule has 7 nitrogen and oxygen atoms in total. The molecule has 1 aromatic rings. The Labute approximate surface area is 178 Å². The summed E-state index contributed by atoms with van der Waals surface area (Å²) in [6, 6.07) is 8.23. The first-order chi connectivity index (χ1) is 14.3. The van der Waals surface area contributed by atoms with Crippen LogP contribution in [0, 0.1) is 17.2 Å². The molecule has 1 aromatic carbocycles. The molecule has 30 heavy (non-hydrogen) atoms. The maximum atomic E-state index is 13.2. The van der Waals surface area contributed by atoms with E-state index in [2.05, 4.69) is 11.4 Å². The summed E-state index contributed by atoms with van der Waals surface area (Å²) in [5.74, 6) is 0.0519. The van der Waals surface area contributed by atoms with Gasteiger partial charge < -0.3 is 15.1 Å². The number of piperazine rings is 1. The fourth-order valence-corrected chi connectivity index (χ4v) is 4.54. The first kappa shape index (κ1) is 21.8. The molecular formula is C23H30N4O3. The minimum absolute atomic E-state index is 0.00773. The third-order valence-electron chi connectivity index (χ3n) is 6.08. The Hall–Kier alpha value is -2.88. The van der Waals surface area contributed by atoms with Gasteiger partial charge >= 0.3 is 0 Å². The van der Waals surface area contributed by atoms with Crippen molar-refractivity contribution in [1.29, 1.82) is 5.26 Å². The Morgan fingerprint density at radius 3 is 2.60 bits per heavy atom. The second-order valence-corrected chi connectivity index (χ2v) is 8.66. The highest BCUT2D eigenvalue weighted by molar-refractivity contribution is 6.00. The average Bonchev–Trinajstić information content (AvgIpc) is 2.75. The van der Waals surface area contributed by atoms with Crippen molar-refractivity contribution in [2.45, 2.75) is 58.0 Å². The Morgan fingerprint density at radius 2 is 2.00 bits per heavy atom. The van der Waals surface area contributed by atoms with Gasteiger partial charge in [-0.25, -0.2) is 0 Å². The summed E-state index contributed by atoms with van der Waals surface area (Å²) < 4.78 is 0. The molecule has 2 aliphatic rings. The number of hydrogen-bond acceptors (Lipinski definition) is 4. The van der Waals surface area contributed by atoms with Gasteiger partial charge in [0.05, 0.1) is 11.6 Å². The minimum Gasteiger partial charge on any atom is -0.342 e. The molecule has 0 aliphatic carbocycles. The molecular weight excluding hydrogens is 380 g/mol. The van der Waals surface area contributed by atoms with Crippen LogP contribution in [0.2, 0.25) is 0 Å². The number of amides is 3. The van der Waals surface area contributed by atoms with Gasteiger partial charge in [-0.2, -0.15) is 5.26 Å². The van der Waals surface area contributed by atoms with Crippen molar-refractivity contribution in [3.63, 3.8) is 0 Å². The molecule has 3 rings (SSSR count). The summed E-state index contributed by atoms with van der Waals surface area (Å²) in [5, 5.41) is 12.0. The van der Waals surface area contributed by atoms with Gasteiger partial charge in [0.15, 0.2) is 0 Å². The van der Waals surface area contributed by atoms with Crippen molar-refractivity contribution in [1.82, 2.24) is 15.1 Å². The molecule has 1 unspecified atom stereocenters. The van der Waals surface area contributed by atoms with Crippen LogP contribution in [0.25, 0.3) is 0 Å². The monoisotopic (exact) mass is 410 g/mol. The molecule has 2 aliphatic heterocycles. The number of piperidine rings is 1. The number of nitriles is 1. The molecule has 0 bridgehead atoms. The Bertz CT molecular complexity index is 865. The van der Waals surface area contributed by atoms with E-state index in [-0.39, 0.29) is 17.7 Å². The molecule has 2 saturated heterocycles. The molecule has 1 atom stereocenters. The lowest BCUT2D eigenvalue weighted by molar-refractivity contribution is -0.161. The first-order valence-corrected chi connectivity index (χ1v) is 10.7. The van der Waals surface area contributed by atoms with Gasteiger partial charge in [-0.3, -0.25) is 14.4 Å². The zero-order valence-electron chi connectivity index (χ0n) is 18.0. The molecule has 1 N–H and O–H groups in total. The van der Waals surface area contributed by atoms with E-state index < -0.39 is 11.6 Å². The highest BCUT2D eigenvalue weighted by atomic mass is 16.2. The smallest absolute Gasteiger partial charge is 0.253 e. The van der Waals surface area contributed by atoms with Crippen LogP contribution in [0.1, 0.15) is 62.4 Å². The average molecular weight is 411 g/mol. The normalized spacial score (nSPS) is 21.0. The lowest BCUT2D eigenvalue weighted by Crippen LogP contribution is -2.73. The van der Waals surface area contributed by atoms with Crippen molar-refractivity contribution >= 4 is 17.7 Å². The van der Waals surface area contributed by atoms with E-state index in [4.69, 9.17) is 5.26 Å². The second-order valence-electron chi connectivity index (χ2n) is 8.66.